The molecule has 8 nitrogen and oxygen atoms in total. The Bertz CT molecular complexity index is 1060. The second-order valence-corrected chi connectivity index (χ2v) is 5.94. The Kier molecular flexibility index (Phi) is 6.08. The van der Waals surface area contributed by atoms with Crippen LogP contribution in [0.5, 0.6) is 5.75 Å². The van der Waals surface area contributed by atoms with Gasteiger partial charge in [-0.25, -0.2) is 4.39 Å². The maximum atomic E-state index is 13.5. The lowest BCUT2D eigenvalue weighted by Crippen LogP contribution is -2.43. The summed E-state index contributed by atoms with van der Waals surface area (Å²) in [5.41, 5.74) is 5.02. The summed E-state index contributed by atoms with van der Waals surface area (Å²) in [4.78, 5) is 35.5. The SMILES string of the molecule is COc1ccc2c(CC(=O)OCC(=O)NNC(=O)c3ccccc3F)coc2c1. The van der Waals surface area contributed by atoms with Crippen molar-refractivity contribution in [1.82, 2.24) is 10.9 Å². The van der Waals surface area contributed by atoms with Gasteiger partial charge in [0.1, 0.15) is 17.1 Å². The highest BCUT2D eigenvalue weighted by Crippen LogP contribution is 2.26. The van der Waals surface area contributed by atoms with Crippen LogP contribution in [0.2, 0.25) is 0 Å². The van der Waals surface area contributed by atoms with Crippen LogP contribution in [0.25, 0.3) is 11.0 Å². The minimum absolute atomic E-state index is 0.103. The number of amides is 2. The molecule has 3 rings (SSSR count). The van der Waals surface area contributed by atoms with Crippen molar-refractivity contribution in [2.45, 2.75) is 6.42 Å². The molecule has 0 aliphatic carbocycles. The van der Waals surface area contributed by atoms with E-state index in [1.54, 1.807) is 18.2 Å². The van der Waals surface area contributed by atoms with Gasteiger partial charge in [-0.2, -0.15) is 0 Å². The van der Waals surface area contributed by atoms with Crippen molar-refractivity contribution < 1.29 is 32.7 Å². The number of hydrazine groups is 1. The van der Waals surface area contributed by atoms with Crippen molar-refractivity contribution in [1.29, 1.82) is 0 Å². The van der Waals surface area contributed by atoms with Crippen molar-refractivity contribution in [3.05, 3.63) is 65.7 Å². The molecule has 1 aromatic heterocycles. The molecule has 29 heavy (non-hydrogen) atoms. The van der Waals surface area contributed by atoms with Gasteiger partial charge in [0, 0.05) is 17.0 Å². The molecule has 0 spiro atoms. The molecule has 0 saturated heterocycles. The van der Waals surface area contributed by atoms with Gasteiger partial charge in [-0.05, 0) is 24.3 Å². The number of hydrogen-bond acceptors (Lipinski definition) is 6. The van der Waals surface area contributed by atoms with Crippen LogP contribution < -0.4 is 15.6 Å². The fraction of sp³-hybridized carbons (Fsp3) is 0.150. The average Bonchev–Trinajstić information content (AvgIpc) is 3.12. The van der Waals surface area contributed by atoms with Gasteiger partial charge in [-0.15, -0.1) is 0 Å². The second kappa shape index (κ2) is 8.87. The van der Waals surface area contributed by atoms with E-state index in [9.17, 15) is 18.8 Å². The summed E-state index contributed by atoms with van der Waals surface area (Å²) in [7, 11) is 1.53. The lowest BCUT2D eigenvalue weighted by atomic mass is 10.1. The summed E-state index contributed by atoms with van der Waals surface area (Å²) >= 11 is 0. The van der Waals surface area contributed by atoms with Gasteiger partial charge in [0.25, 0.3) is 11.8 Å². The van der Waals surface area contributed by atoms with E-state index in [4.69, 9.17) is 13.9 Å². The number of rotatable bonds is 6. The van der Waals surface area contributed by atoms with Gasteiger partial charge in [-0.3, -0.25) is 25.2 Å². The van der Waals surface area contributed by atoms with E-state index in [1.165, 1.54) is 31.6 Å². The summed E-state index contributed by atoms with van der Waals surface area (Å²) in [6.45, 7) is -0.611. The molecule has 0 atom stereocenters. The Balaban J connectivity index is 1.47. The first-order chi connectivity index (χ1) is 14.0. The lowest BCUT2D eigenvalue weighted by molar-refractivity contribution is -0.148. The van der Waals surface area contributed by atoms with Crippen LogP contribution in [0.4, 0.5) is 4.39 Å². The third-order valence-corrected chi connectivity index (χ3v) is 4.00. The Hall–Kier alpha value is -3.88. The first-order valence-corrected chi connectivity index (χ1v) is 8.51. The normalized spacial score (nSPS) is 10.4. The van der Waals surface area contributed by atoms with Crippen LogP contribution in [0.15, 0.2) is 53.1 Å². The number of ether oxygens (including phenoxy) is 2. The van der Waals surface area contributed by atoms with Crippen molar-refractivity contribution in [2.24, 2.45) is 0 Å². The Morgan fingerprint density at radius 2 is 1.90 bits per heavy atom. The average molecular weight is 400 g/mol. The van der Waals surface area contributed by atoms with Crippen LogP contribution >= 0.6 is 0 Å². The predicted octanol–water partition coefficient (Wildman–Crippen LogP) is 2.13. The van der Waals surface area contributed by atoms with Crippen molar-refractivity contribution in [3.63, 3.8) is 0 Å². The van der Waals surface area contributed by atoms with Gasteiger partial charge in [0.2, 0.25) is 0 Å². The zero-order valence-electron chi connectivity index (χ0n) is 15.4. The van der Waals surface area contributed by atoms with E-state index >= 15 is 0 Å². The molecule has 150 valence electrons. The molecule has 0 aliphatic rings. The third-order valence-electron chi connectivity index (χ3n) is 4.00. The minimum Gasteiger partial charge on any atom is -0.497 e. The first kappa shape index (κ1) is 19.9. The number of methoxy groups -OCH3 is 1. The molecule has 0 radical (unpaired) electrons. The highest BCUT2D eigenvalue weighted by Gasteiger charge is 2.15. The quantitative estimate of drug-likeness (QED) is 0.485. The van der Waals surface area contributed by atoms with Crippen molar-refractivity contribution >= 4 is 28.8 Å². The fourth-order valence-corrected chi connectivity index (χ4v) is 2.56. The molecule has 0 unspecified atom stereocenters. The standard InChI is InChI=1S/C20H17FN2O6/c1-27-13-6-7-14-12(10-28-17(14)9-13)8-19(25)29-11-18(24)22-23-20(26)15-4-2-3-5-16(15)21/h2-7,9-10H,8,11H2,1H3,(H,22,24)(H,23,26). The van der Waals surface area contributed by atoms with Gasteiger partial charge in [0.05, 0.1) is 25.4 Å². The number of fused-ring (bicyclic) bond motifs is 1. The summed E-state index contributed by atoms with van der Waals surface area (Å²) < 4.78 is 28.9. The smallest absolute Gasteiger partial charge is 0.310 e. The molecule has 0 saturated carbocycles. The summed E-state index contributed by atoms with van der Waals surface area (Å²) in [5, 5.41) is 0.726. The number of esters is 1. The van der Waals surface area contributed by atoms with Gasteiger partial charge in [0.15, 0.2) is 6.61 Å². The van der Waals surface area contributed by atoms with Crippen LogP contribution in [0.3, 0.4) is 0 Å². The molecule has 2 aromatic carbocycles. The highest BCUT2D eigenvalue weighted by molar-refractivity contribution is 5.95. The third kappa shape index (κ3) is 4.89. The number of carbonyl (C=O) groups is 3. The maximum Gasteiger partial charge on any atom is 0.310 e. The molecule has 1 heterocycles. The number of carbonyl (C=O) groups excluding carboxylic acids is 3. The molecule has 2 N–H and O–H groups in total. The summed E-state index contributed by atoms with van der Waals surface area (Å²) in [6.07, 6.45) is 1.33. The Morgan fingerprint density at radius 3 is 2.66 bits per heavy atom. The summed E-state index contributed by atoms with van der Waals surface area (Å²) in [5.74, 6) is -2.36. The first-order valence-electron chi connectivity index (χ1n) is 8.51. The minimum atomic E-state index is -0.830. The van der Waals surface area contributed by atoms with Crippen LogP contribution in [0, 0.1) is 5.82 Å². The number of nitrogens with one attached hydrogen (secondary N) is 2. The predicted molar refractivity (Wildman–Crippen MR) is 99.4 cm³/mol. The molecule has 0 bridgehead atoms. The van der Waals surface area contributed by atoms with Crippen molar-refractivity contribution in [3.8, 4) is 5.75 Å². The second-order valence-electron chi connectivity index (χ2n) is 5.94. The molecule has 2 amide bonds. The van der Waals surface area contributed by atoms with E-state index in [0.717, 1.165) is 11.5 Å². The van der Waals surface area contributed by atoms with E-state index < -0.39 is 30.2 Å². The van der Waals surface area contributed by atoms with Crippen LogP contribution in [0.1, 0.15) is 15.9 Å². The number of hydrogen-bond donors (Lipinski definition) is 2. The maximum absolute atomic E-state index is 13.5. The molecule has 3 aromatic rings. The Labute approximate surface area is 164 Å². The van der Waals surface area contributed by atoms with Crippen molar-refractivity contribution in [2.75, 3.05) is 13.7 Å². The van der Waals surface area contributed by atoms with Gasteiger partial charge >= 0.3 is 5.97 Å². The highest BCUT2D eigenvalue weighted by atomic mass is 19.1. The monoisotopic (exact) mass is 400 g/mol. The number of furan rings is 1. The lowest BCUT2D eigenvalue weighted by Gasteiger charge is -2.08. The zero-order chi connectivity index (χ0) is 20.8. The zero-order valence-corrected chi connectivity index (χ0v) is 15.4. The van der Waals surface area contributed by atoms with Gasteiger partial charge < -0.3 is 13.9 Å². The molecular weight excluding hydrogens is 383 g/mol. The largest absolute Gasteiger partial charge is 0.497 e. The van der Waals surface area contributed by atoms with Crippen LogP contribution in [-0.4, -0.2) is 31.5 Å². The molecular formula is C20H17FN2O6. The van der Waals surface area contributed by atoms with Gasteiger partial charge in [-0.1, -0.05) is 12.1 Å². The van der Waals surface area contributed by atoms with Crippen LogP contribution in [-0.2, 0) is 20.7 Å². The Morgan fingerprint density at radius 1 is 1.10 bits per heavy atom. The van der Waals surface area contributed by atoms with E-state index in [-0.39, 0.29) is 12.0 Å². The number of benzene rings is 2. The van der Waals surface area contributed by atoms with E-state index in [1.807, 2.05) is 10.9 Å². The van der Waals surface area contributed by atoms with E-state index in [0.29, 0.717) is 16.9 Å². The van der Waals surface area contributed by atoms with E-state index in [2.05, 4.69) is 0 Å². The molecule has 0 aliphatic heterocycles. The molecule has 9 heteroatoms. The summed E-state index contributed by atoms with van der Waals surface area (Å²) in [6, 6.07) is 10.5. The number of halogens is 1. The molecule has 0 fully saturated rings. The topological polar surface area (TPSA) is 107 Å². The fourth-order valence-electron chi connectivity index (χ4n) is 2.56.